The van der Waals surface area contributed by atoms with Gasteiger partial charge >= 0.3 is 0 Å². The second kappa shape index (κ2) is 23.3. The van der Waals surface area contributed by atoms with E-state index in [2.05, 4.69) is 368 Å². The zero-order valence-corrected chi connectivity index (χ0v) is 59.5. The summed E-state index contributed by atoms with van der Waals surface area (Å²) in [4.78, 5) is 14.9. The number of aromatic nitrogens is 9. The van der Waals surface area contributed by atoms with Crippen LogP contribution in [0.1, 0.15) is 109 Å². The number of fused-ring (bicyclic) bond motifs is 12. The van der Waals surface area contributed by atoms with Crippen LogP contribution in [0.25, 0.3) is 118 Å². The van der Waals surface area contributed by atoms with Crippen molar-refractivity contribution in [1.82, 2.24) is 28.7 Å². The highest BCUT2D eigenvalue weighted by atomic mass is 15.2. The lowest BCUT2D eigenvalue weighted by atomic mass is 9.83. The summed E-state index contributed by atoms with van der Waals surface area (Å²) in [7, 11) is 6.52. The molecule has 6 aromatic heterocycles. The van der Waals surface area contributed by atoms with Crippen molar-refractivity contribution in [3.63, 3.8) is 0 Å². The Morgan fingerprint density at radius 2 is 0.525 bits per heavy atom. The molecule has 0 unspecified atom stereocenters. The quantitative estimate of drug-likeness (QED) is 0.156. The summed E-state index contributed by atoms with van der Waals surface area (Å²) in [6.07, 6.45) is 0. The van der Waals surface area contributed by atoms with Crippen LogP contribution in [0.5, 0.6) is 0 Å². The first-order valence-corrected chi connectivity index (χ1v) is 34.7. The Morgan fingerprint density at radius 1 is 0.263 bits per heavy atom. The van der Waals surface area contributed by atoms with Gasteiger partial charge in [-0.05, 0) is 201 Å². The predicted octanol–water partition coefficient (Wildman–Crippen LogP) is 19.3. The van der Waals surface area contributed by atoms with E-state index in [-0.39, 0.29) is 16.2 Å². The molecule has 0 fully saturated rings. The molecule has 486 valence electrons. The third-order valence-electron chi connectivity index (χ3n) is 21.7. The molecule has 0 spiro atoms. The molecule has 9 nitrogen and oxygen atoms in total. The lowest BCUT2D eigenvalue weighted by Crippen LogP contribution is -2.30. The van der Waals surface area contributed by atoms with Crippen LogP contribution in [0.15, 0.2) is 237 Å². The van der Waals surface area contributed by atoms with Crippen molar-refractivity contribution in [1.29, 1.82) is 0 Å². The molecule has 3 aliphatic carbocycles. The molecule has 18 rings (SSSR count). The van der Waals surface area contributed by atoms with E-state index in [1.54, 1.807) is 0 Å². The smallest absolute Gasteiger partial charge is 0.257 e. The van der Waals surface area contributed by atoms with Crippen molar-refractivity contribution in [2.24, 2.45) is 21.1 Å². The Hall–Kier alpha value is -11.2. The highest BCUT2D eigenvalue weighted by molar-refractivity contribution is 5.89. The minimum Gasteiger partial charge on any atom is -0.257 e. The number of aryl methyl sites for hydroxylation is 9. The van der Waals surface area contributed by atoms with E-state index in [1.165, 1.54) is 168 Å². The SMILES string of the molecule is Cc1ccc2c(n1)C(C)(C)c1cc(-c3n(-c4ccccc4)c4ccccc4[n+]3C)c(C)cc1-2.Cc1ccc2c(n1)C(C)(C)c1cc(-c3n(-c4ccccc4)c4ccccc4[n+]3C)c(C)cc1-2.Cc1ccc2c(n1)C(C)(C)c1cc(C)c(-c3n(-c4ccccc4)c4ccccc4[n+]3C)cc1-2. The van der Waals surface area contributed by atoms with E-state index in [4.69, 9.17) is 15.0 Å². The van der Waals surface area contributed by atoms with E-state index in [0.717, 1.165) is 17.1 Å². The van der Waals surface area contributed by atoms with E-state index < -0.39 is 0 Å². The van der Waals surface area contributed by atoms with Gasteiger partial charge in [0.05, 0.1) is 54.9 Å². The van der Waals surface area contributed by atoms with Crippen molar-refractivity contribution in [3.05, 3.63) is 304 Å². The van der Waals surface area contributed by atoms with Crippen LogP contribution in [-0.2, 0) is 37.4 Å². The molecule has 6 heterocycles. The average molecular weight is 1290 g/mol. The monoisotopic (exact) mass is 1290 g/mol. The van der Waals surface area contributed by atoms with Crippen molar-refractivity contribution >= 4 is 33.1 Å². The van der Waals surface area contributed by atoms with Gasteiger partial charge in [-0.15, -0.1) is 0 Å². The molecule has 9 aromatic carbocycles. The Labute approximate surface area is 581 Å². The average Bonchev–Trinajstić information content (AvgIpc) is 1.58. The highest BCUT2D eigenvalue weighted by Crippen LogP contribution is 2.53. The highest BCUT2D eigenvalue weighted by Gasteiger charge is 2.43. The number of pyridine rings is 3. The lowest BCUT2D eigenvalue weighted by molar-refractivity contribution is -0.634. The van der Waals surface area contributed by atoms with E-state index >= 15 is 0 Å². The fourth-order valence-corrected chi connectivity index (χ4v) is 16.6. The summed E-state index contributed by atoms with van der Waals surface area (Å²) >= 11 is 0. The molecule has 0 amide bonds. The minimum atomic E-state index is -0.138. The summed E-state index contributed by atoms with van der Waals surface area (Å²) in [5, 5.41) is 0. The molecule has 99 heavy (non-hydrogen) atoms. The van der Waals surface area contributed by atoms with E-state index in [0.29, 0.717) is 0 Å². The molecule has 3 aliphatic rings. The second-order valence-electron chi connectivity index (χ2n) is 29.2. The van der Waals surface area contributed by atoms with E-state index in [1.807, 2.05) is 0 Å². The van der Waals surface area contributed by atoms with Crippen LogP contribution in [0.3, 0.4) is 0 Å². The van der Waals surface area contributed by atoms with Crippen LogP contribution in [-0.4, -0.2) is 28.7 Å². The molecule has 0 aliphatic heterocycles. The molecule has 0 bridgehead atoms. The predicted molar refractivity (Wildman–Crippen MR) is 404 cm³/mol. The maximum absolute atomic E-state index is 4.96. The Morgan fingerprint density at radius 3 is 0.848 bits per heavy atom. The van der Waals surface area contributed by atoms with Gasteiger partial charge in [-0.2, -0.15) is 13.7 Å². The van der Waals surface area contributed by atoms with Gasteiger partial charge in [0.15, 0.2) is 33.1 Å². The maximum Gasteiger partial charge on any atom is 0.295 e. The van der Waals surface area contributed by atoms with Gasteiger partial charge in [0.2, 0.25) is 0 Å². The lowest BCUT2D eigenvalue weighted by Gasteiger charge is -2.21. The molecule has 0 saturated heterocycles. The molecule has 15 aromatic rings. The van der Waals surface area contributed by atoms with Gasteiger partial charge in [0.1, 0.15) is 17.1 Å². The van der Waals surface area contributed by atoms with Crippen LogP contribution >= 0.6 is 0 Å². The molecule has 0 radical (unpaired) electrons. The Kier molecular flexibility index (Phi) is 14.7. The fraction of sp³-hybridized carbons (Fsp3) is 0.200. The third-order valence-corrected chi connectivity index (χ3v) is 21.7. The standard InChI is InChI=1S/3C30H28N3/c1-19-17-25-24(22-16-15-20(2)31-28(22)30(25,3)4)18-23(19)29-32(5)26-13-9-10-14-27(26)33(29)21-11-7-6-8-12-21;2*1-19-17-24-22-16-15-20(2)31-28(22)30(3,4)25(24)18-23(19)29-32(5)26-13-9-10-14-27(26)33(29)21-11-7-6-8-12-21/h3*6-18H,1-5H3/q3*+1. The second-order valence-corrected chi connectivity index (χ2v) is 29.2. The van der Waals surface area contributed by atoms with Crippen LogP contribution in [0.4, 0.5) is 0 Å². The van der Waals surface area contributed by atoms with Crippen molar-refractivity contribution in [3.8, 4) is 84.6 Å². The van der Waals surface area contributed by atoms with Gasteiger partial charge in [0.25, 0.3) is 17.5 Å². The number of para-hydroxylation sites is 9. The number of benzene rings is 9. The fourth-order valence-electron chi connectivity index (χ4n) is 16.6. The number of nitrogens with zero attached hydrogens (tertiary/aromatic N) is 9. The van der Waals surface area contributed by atoms with Crippen molar-refractivity contribution < 1.29 is 13.7 Å². The summed E-state index contributed by atoms with van der Waals surface area (Å²) in [5.74, 6) is 3.58. The summed E-state index contributed by atoms with van der Waals surface area (Å²) in [5.41, 5.74) is 36.5. The molecular formula is C90H84N9+3. The Balaban J connectivity index is 0.000000116. The third kappa shape index (κ3) is 9.78. The zero-order chi connectivity index (χ0) is 68.7. The molecule has 0 saturated carbocycles. The molecular weight excluding hydrogens is 1210 g/mol. The first kappa shape index (κ1) is 62.6. The van der Waals surface area contributed by atoms with E-state index in [9.17, 15) is 0 Å². The van der Waals surface area contributed by atoms with Crippen molar-refractivity contribution in [2.45, 2.75) is 99.3 Å². The summed E-state index contributed by atoms with van der Waals surface area (Å²) < 4.78 is 14.1. The number of hydrogen-bond acceptors (Lipinski definition) is 3. The van der Waals surface area contributed by atoms with Gasteiger partial charge in [-0.25, -0.2) is 13.7 Å². The molecule has 0 atom stereocenters. The van der Waals surface area contributed by atoms with Gasteiger partial charge < -0.3 is 0 Å². The van der Waals surface area contributed by atoms with Gasteiger partial charge in [-0.3, -0.25) is 15.0 Å². The number of rotatable bonds is 6. The number of imidazole rings is 3. The summed E-state index contributed by atoms with van der Waals surface area (Å²) in [6, 6.07) is 85.4. The van der Waals surface area contributed by atoms with Gasteiger partial charge in [-0.1, -0.05) is 169 Å². The van der Waals surface area contributed by atoms with Crippen LogP contribution in [0.2, 0.25) is 0 Å². The largest absolute Gasteiger partial charge is 0.295 e. The first-order valence-electron chi connectivity index (χ1n) is 34.7. The first-order chi connectivity index (χ1) is 47.6. The van der Waals surface area contributed by atoms with Crippen LogP contribution < -0.4 is 13.7 Å². The molecule has 9 heteroatoms. The molecule has 0 N–H and O–H groups in total. The summed E-state index contributed by atoms with van der Waals surface area (Å²) in [6.45, 7) is 26.7. The normalized spacial score (nSPS) is 13.8. The minimum absolute atomic E-state index is 0.103. The van der Waals surface area contributed by atoms with Gasteiger partial charge in [0, 0.05) is 50.0 Å². The topological polar surface area (TPSA) is 65.1 Å². The van der Waals surface area contributed by atoms with Crippen LogP contribution in [0, 0.1) is 41.5 Å². The maximum atomic E-state index is 4.96. The zero-order valence-electron chi connectivity index (χ0n) is 59.5. The Bertz CT molecular complexity index is 5560. The number of hydrogen-bond donors (Lipinski definition) is 0. The van der Waals surface area contributed by atoms with Crippen molar-refractivity contribution in [2.75, 3.05) is 0 Å².